The van der Waals surface area contributed by atoms with Gasteiger partial charge in [0.1, 0.15) is 10.0 Å². The summed E-state index contributed by atoms with van der Waals surface area (Å²) in [7, 11) is 0. The van der Waals surface area contributed by atoms with Crippen molar-refractivity contribution in [1.29, 1.82) is 0 Å². The maximum absolute atomic E-state index is 13.8. The van der Waals surface area contributed by atoms with E-state index in [1.807, 2.05) is 0 Å². The predicted octanol–water partition coefficient (Wildman–Crippen LogP) is 7.59. The Morgan fingerprint density at radius 1 is 1.03 bits per heavy atom. The summed E-state index contributed by atoms with van der Waals surface area (Å²) in [6.07, 6.45) is -3.33. The molecule has 0 radical (unpaired) electrons. The largest absolute Gasteiger partial charge is 0.433 e. The van der Waals surface area contributed by atoms with Crippen molar-refractivity contribution in [2.24, 2.45) is 0 Å². The number of amides is 1. The van der Waals surface area contributed by atoms with Crippen molar-refractivity contribution in [3.8, 4) is 10.6 Å². The zero-order valence-corrected chi connectivity index (χ0v) is 21.9. The first-order valence-electron chi connectivity index (χ1n) is 10.2. The Balaban J connectivity index is 1.47. The van der Waals surface area contributed by atoms with Gasteiger partial charge in [-0.1, -0.05) is 58.5 Å². The van der Waals surface area contributed by atoms with Gasteiger partial charge in [-0.05, 0) is 35.2 Å². The number of halogens is 7. The van der Waals surface area contributed by atoms with Crippen molar-refractivity contribution < 1.29 is 18.0 Å². The maximum Gasteiger partial charge on any atom is 0.433 e. The molecule has 4 aromatic heterocycles. The van der Waals surface area contributed by atoms with Gasteiger partial charge in [-0.2, -0.15) is 23.4 Å². The third kappa shape index (κ3) is 5.14. The number of carbonyl (C=O) groups is 1. The lowest BCUT2D eigenvalue weighted by molar-refractivity contribution is -0.142. The van der Waals surface area contributed by atoms with Crippen LogP contribution in [0.5, 0.6) is 0 Å². The van der Waals surface area contributed by atoms with Gasteiger partial charge in [0.15, 0.2) is 22.9 Å². The van der Waals surface area contributed by atoms with Gasteiger partial charge < -0.3 is 5.32 Å². The Morgan fingerprint density at radius 3 is 2.49 bits per heavy atom. The summed E-state index contributed by atoms with van der Waals surface area (Å²) in [5, 5.41) is 12.7. The number of anilines is 1. The van der Waals surface area contributed by atoms with E-state index in [9.17, 15) is 18.0 Å². The molecule has 15 heteroatoms. The molecular weight excluding hydrogens is 595 g/mol. The van der Waals surface area contributed by atoms with Crippen molar-refractivity contribution >= 4 is 75.1 Å². The van der Waals surface area contributed by atoms with E-state index in [0.717, 1.165) is 11.6 Å². The molecule has 5 aromatic rings. The van der Waals surface area contributed by atoms with Crippen molar-refractivity contribution in [3.05, 3.63) is 85.0 Å². The summed E-state index contributed by atoms with van der Waals surface area (Å²) in [6.45, 7) is 0.256. The number of thiophene rings is 1. The molecule has 4 heterocycles. The summed E-state index contributed by atoms with van der Waals surface area (Å²) >= 11 is 25.7. The number of alkyl halides is 3. The van der Waals surface area contributed by atoms with Crippen LogP contribution < -0.4 is 5.32 Å². The van der Waals surface area contributed by atoms with Crippen LogP contribution in [0.2, 0.25) is 20.1 Å². The number of hydrogen-bond acceptors (Lipinski definition) is 5. The lowest BCUT2D eigenvalue weighted by Crippen LogP contribution is -2.16. The summed E-state index contributed by atoms with van der Waals surface area (Å²) < 4.78 is 43.4. The van der Waals surface area contributed by atoms with Crippen molar-refractivity contribution in [1.82, 2.24) is 24.4 Å². The average Bonchev–Trinajstić information content (AvgIpc) is 3.55. The second-order valence-corrected chi connectivity index (χ2v) is 10.2. The predicted molar refractivity (Wildman–Crippen MR) is 137 cm³/mol. The fourth-order valence-corrected chi connectivity index (χ4v) is 4.89. The minimum absolute atomic E-state index is 0.0388. The van der Waals surface area contributed by atoms with Crippen LogP contribution in [0, 0.1) is 0 Å². The monoisotopic (exact) mass is 604 g/mol. The molecule has 5 rings (SSSR count). The molecule has 0 bridgehead atoms. The number of benzene rings is 1. The number of nitrogens with one attached hydrogen (secondary N) is 1. The molecule has 0 saturated carbocycles. The van der Waals surface area contributed by atoms with Gasteiger partial charge in [-0.3, -0.25) is 9.48 Å². The highest BCUT2D eigenvalue weighted by molar-refractivity contribution is 7.13. The first kappa shape index (κ1) is 25.8. The minimum Gasteiger partial charge on any atom is -0.302 e. The van der Waals surface area contributed by atoms with Gasteiger partial charge in [-0.25, -0.2) is 9.50 Å². The molecule has 0 aliphatic heterocycles. The third-order valence-electron chi connectivity index (χ3n) is 5.09. The lowest BCUT2D eigenvalue weighted by Gasteiger charge is -2.10. The van der Waals surface area contributed by atoms with Crippen LogP contribution in [-0.4, -0.2) is 30.3 Å². The van der Waals surface area contributed by atoms with Gasteiger partial charge in [0.05, 0.1) is 27.2 Å². The van der Waals surface area contributed by atoms with E-state index in [0.29, 0.717) is 19.4 Å². The third-order valence-corrected chi connectivity index (χ3v) is 7.35. The fraction of sp³-hybridized carbons (Fsp3) is 0.0909. The van der Waals surface area contributed by atoms with Crippen LogP contribution in [0.1, 0.15) is 21.7 Å². The van der Waals surface area contributed by atoms with E-state index >= 15 is 0 Å². The van der Waals surface area contributed by atoms with Crippen LogP contribution in [0.15, 0.2) is 48.0 Å². The van der Waals surface area contributed by atoms with Crippen LogP contribution >= 0.6 is 57.7 Å². The second kappa shape index (κ2) is 9.80. The van der Waals surface area contributed by atoms with Crippen molar-refractivity contribution in [2.45, 2.75) is 12.7 Å². The van der Waals surface area contributed by atoms with E-state index in [2.05, 4.69) is 20.5 Å². The molecule has 0 spiro atoms. The number of carbonyl (C=O) groups excluding carboxylic acids is 1. The van der Waals surface area contributed by atoms with E-state index in [1.54, 1.807) is 35.7 Å². The summed E-state index contributed by atoms with van der Waals surface area (Å²) in [5.74, 6) is -0.953. The Labute approximate surface area is 230 Å². The smallest absolute Gasteiger partial charge is 0.302 e. The van der Waals surface area contributed by atoms with E-state index in [-0.39, 0.29) is 33.7 Å². The van der Waals surface area contributed by atoms with Crippen LogP contribution in [-0.2, 0) is 12.7 Å². The highest BCUT2D eigenvalue weighted by Gasteiger charge is 2.37. The van der Waals surface area contributed by atoms with E-state index in [1.165, 1.54) is 22.2 Å². The molecular formula is C22H11Cl4F3N6OS. The second-order valence-electron chi connectivity index (χ2n) is 7.63. The Hall–Kier alpha value is -2.83. The molecule has 7 nitrogen and oxygen atoms in total. The summed E-state index contributed by atoms with van der Waals surface area (Å²) in [5.41, 5.74) is -1.11. The van der Waals surface area contributed by atoms with Gasteiger partial charge in [0.25, 0.3) is 5.91 Å². The highest BCUT2D eigenvalue weighted by atomic mass is 35.5. The molecule has 0 atom stereocenters. The standard InChI is InChI=1S/C22H11Cl4F3N6OS/c23-11-4-3-10(6-12(11)24)8-34-9-13(25)19(33-34)31-21(36)18-17(26)20-30-14(15-2-1-5-37-15)7-16(22(27,28)29)35(20)32-18/h1-7,9H,8H2,(H,31,33,36). The molecule has 0 unspecified atom stereocenters. The average molecular weight is 606 g/mol. The molecule has 0 aliphatic carbocycles. The van der Waals surface area contributed by atoms with Crippen LogP contribution in [0.4, 0.5) is 19.0 Å². The van der Waals surface area contributed by atoms with Gasteiger partial charge in [0.2, 0.25) is 0 Å². The number of hydrogen-bond donors (Lipinski definition) is 1. The SMILES string of the molecule is O=C(Nc1nn(Cc2ccc(Cl)c(Cl)c2)cc1Cl)c1nn2c(C(F)(F)F)cc(-c3cccs3)nc2c1Cl. The van der Waals surface area contributed by atoms with Crippen LogP contribution in [0.25, 0.3) is 16.2 Å². The van der Waals surface area contributed by atoms with Gasteiger partial charge in [0, 0.05) is 6.20 Å². The molecule has 0 aliphatic rings. The normalized spacial score (nSPS) is 11.9. The number of rotatable bonds is 5. The molecule has 1 N–H and O–H groups in total. The van der Waals surface area contributed by atoms with Crippen molar-refractivity contribution in [3.63, 3.8) is 0 Å². The minimum atomic E-state index is -4.79. The molecule has 1 amide bonds. The lowest BCUT2D eigenvalue weighted by atomic mass is 10.2. The number of nitrogens with zero attached hydrogens (tertiary/aromatic N) is 5. The summed E-state index contributed by atoms with van der Waals surface area (Å²) in [4.78, 5) is 17.7. The molecule has 1 aromatic carbocycles. The highest BCUT2D eigenvalue weighted by Crippen LogP contribution is 2.36. The maximum atomic E-state index is 13.8. The first-order valence-corrected chi connectivity index (χ1v) is 12.6. The number of aromatic nitrogens is 5. The van der Waals surface area contributed by atoms with E-state index < -0.39 is 23.5 Å². The Kier molecular flexibility index (Phi) is 6.84. The zero-order valence-electron chi connectivity index (χ0n) is 18.0. The molecule has 190 valence electrons. The molecule has 0 fully saturated rings. The topological polar surface area (TPSA) is 77.1 Å². The van der Waals surface area contributed by atoms with Crippen molar-refractivity contribution in [2.75, 3.05) is 5.32 Å². The van der Waals surface area contributed by atoms with E-state index in [4.69, 9.17) is 46.4 Å². The molecule has 0 saturated heterocycles. The van der Waals surface area contributed by atoms with Crippen LogP contribution in [0.3, 0.4) is 0 Å². The van der Waals surface area contributed by atoms with Gasteiger partial charge in [-0.15, -0.1) is 11.3 Å². The quantitative estimate of drug-likeness (QED) is 0.224. The molecule has 37 heavy (non-hydrogen) atoms. The number of fused-ring (bicyclic) bond motifs is 1. The first-order chi connectivity index (χ1) is 17.5. The fourth-order valence-electron chi connectivity index (χ4n) is 3.44. The Morgan fingerprint density at radius 2 is 1.81 bits per heavy atom. The summed E-state index contributed by atoms with van der Waals surface area (Å²) in [6, 6.07) is 9.19. The zero-order chi connectivity index (χ0) is 26.5. The Bertz CT molecular complexity index is 1650. The van der Waals surface area contributed by atoms with Gasteiger partial charge >= 0.3 is 6.18 Å².